The summed E-state index contributed by atoms with van der Waals surface area (Å²) in [5, 5.41) is 0. The van der Waals surface area contributed by atoms with E-state index in [4.69, 9.17) is 9.73 Å². The Hall–Kier alpha value is -4.21. The molecule has 200 valence electrons. The molecule has 0 radical (unpaired) electrons. The first-order valence-electron chi connectivity index (χ1n) is 12.8. The summed E-state index contributed by atoms with van der Waals surface area (Å²) < 4.78 is 7.36. The Bertz CT molecular complexity index is 1870. The van der Waals surface area contributed by atoms with Gasteiger partial charge in [-0.05, 0) is 36.9 Å². The maximum absolute atomic E-state index is 14.3. The lowest BCUT2D eigenvalue weighted by Crippen LogP contribution is -2.40. The molecular formula is C31H25N3O4S2. The fourth-order valence-electron chi connectivity index (χ4n) is 5.18. The number of hydrogen-bond acceptors (Lipinski definition) is 7. The molecule has 4 aromatic rings. The number of amides is 1. The number of hydrogen-bond donors (Lipinski definition) is 0. The van der Waals surface area contributed by atoms with Gasteiger partial charge in [-0.2, -0.15) is 0 Å². The van der Waals surface area contributed by atoms with Crippen molar-refractivity contribution < 1.29 is 14.3 Å². The number of esters is 1. The zero-order valence-electron chi connectivity index (χ0n) is 22.1. The highest BCUT2D eigenvalue weighted by Crippen LogP contribution is 2.37. The van der Waals surface area contributed by atoms with E-state index in [1.54, 1.807) is 30.6 Å². The maximum Gasteiger partial charge on any atom is 0.338 e. The normalized spacial score (nSPS) is 17.4. The first kappa shape index (κ1) is 26.0. The van der Waals surface area contributed by atoms with Gasteiger partial charge in [0.2, 0.25) is 0 Å². The smallest absolute Gasteiger partial charge is 0.338 e. The summed E-state index contributed by atoms with van der Waals surface area (Å²) in [5.74, 6) is -0.788. The second-order valence-corrected chi connectivity index (χ2v) is 11.1. The molecule has 0 bridgehead atoms. The Morgan fingerprint density at radius 1 is 1.00 bits per heavy atom. The van der Waals surface area contributed by atoms with E-state index in [-0.39, 0.29) is 23.6 Å². The van der Waals surface area contributed by atoms with Crippen LogP contribution in [0.15, 0.2) is 99.1 Å². The van der Waals surface area contributed by atoms with Gasteiger partial charge in [0.15, 0.2) is 4.80 Å². The van der Waals surface area contributed by atoms with Crippen molar-refractivity contribution in [3.05, 3.63) is 121 Å². The molecule has 6 rings (SSSR count). The summed E-state index contributed by atoms with van der Waals surface area (Å²) in [5.41, 5.74) is 3.64. The average Bonchev–Trinajstić information content (AvgIpc) is 3.44. The number of thiazole rings is 1. The van der Waals surface area contributed by atoms with Crippen LogP contribution in [0.2, 0.25) is 0 Å². The second-order valence-electron chi connectivity index (χ2n) is 9.28. The van der Waals surface area contributed by atoms with Crippen LogP contribution in [0.5, 0.6) is 0 Å². The van der Waals surface area contributed by atoms with Gasteiger partial charge < -0.3 is 9.64 Å². The van der Waals surface area contributed by atoms with Crippen molar-refractivity contribution in [1.29, 1.82) is 0 Å². The fourth-order valence-corrected chi connectivity index (χ4v) is 6.68. The fraction of sp³-hybridized carbons (Fsp3) is 0.161. The number of nitrogens with zero attached hydrogens (tertiary/aromatic N) is 3. The number of fused-ring (bicyclic) bond motifs is 2. The van der Waals surface area contributed by atoms with Gasteiger partial charge >= 0.3 is 5.97 Å². The van der Waals surface area contributed by atoms with Gasteiger partial charge in [-0.25, -0.2) is 9.79 Å². The molecule has 2 aliphatic heterocycles. The van der Waals surface area contributed by atoms with E-state index in [2.05, 4.69) is 0 Å². The van der Waals surface area contributed by atoms with Crippen LogP contribution in [0.1, 0.15) is 29.7 Å². The SMILES string of the molecule is CCOC(=O)C1=C(c2ccccc2)N=c2s/c(=C3\C(=O)N(C)c4ccccc43)c(=O)n2[C@H]1c1ccc(SC)cc1. The Morgan fingerprint density at radius 3 is 2.40 bits per heavy atom. The van der Waals surface area contributed by atoms with Crippen LogP contribution in [0, 0.1) is 0 Å². The first-order valence-corrected chi connectivity index (χ1v) is 14.8. The largest absolute Gasteiger partial charge is 0.463 e. The highest BCUT2D eigenvalue weighted by atomic mass is 32.2. The van der Waals surface area contributed by atoms with Crippen LogP contribution >= 0.6 is 23.1 Å². The van der Waals surface area contributed by atoms with Crippen molar-refractivity contribution in [1.82, 2.24) is 4.57 Å². The summed E-state index contributed by atoms with van der Waals surface area (Å²) in [6.45, 7) is 1.92. The molecule has 0 aliphatic carbocycles. The Labute approximate surface area is 238 Å². The van der Waals surface area contributed by atoms with Gasteiger partial charge in [0.25, 0.3) is 11.5 Å². The Morgan fingerprint density at radius 2 is 1.70 bits per heavy atom. The maximum atomic E-state index is 14.3. The van der Waals surface area contributed by atoms with Crippen molar-refractivity contribution in [2.24, 2.45) is 4.99 Å². The van der Waals surface area contributed by atoms with Crippen LogP contribution in [0.25, 0.3) is 11.3 Å². The molecule has 9 heteroatoms. The van der Waals surface area contributed by atoms with E-state index in [1.807, 2.05) is 85.1 Å². The van der Waals surface area contributed by atoms with Gasteiger partial charge in [0.1, 0.15) is 4.53 Å². The summed E-state index contributed by atoms with van der Waals surface area (Å²) >= 11 is 2.78. The summed E-state index contributed by atoms with van der Waals surface area (Å²) in [7, 11) is 1.70. The number of aromatic nitrogens is 1. The third kappa shape index (κ3) is 4.13. The molecule has 0 saturated heterocycles. The van der Waals surface area contributed by atoms with Crippen LogP contribution in [0.4, 0.5) is 5.69 Å². The molecule has 0 unspecified atom stereocenters. The van der Waals surface area contributed by atoms with Gasteiger partial charge in [0, 0.05) is 23.1 Å². The average molecular weight is 568 g/mol. The zero-order chi connectivity index (χ0) is 28.0. The lowest BCUT2D eigenvalue weighted by molar-refractivity contribution is -0.138. The molecule has 0 fully saturated rings. The number of thioether (sulfide) groups is 1. The van der Waals surface area contributed by atoms with E-state index in [1.165, 1.54) is 15.9 Å². The van der Waals surface area contributed by atoms with Crippen molar-refractivity contribution >= 4 is 51.9 Å². The number of likely N-dealkylation sites (N-methyl/N-ethyl adjacent to an activating group) is 1. The van der Waals surface area contributed by atoms with E-state index >= 15 is 0 Å². The third-order valence-electron chi connectivity index (χ3n) is 7.06. The number of ether oxygens (including phenoxy) is 1. The molecule has 1 amide bonds. The van der Waals surface area contributed by atoms with Crippen molar-refractivity contribution in [2.75, 3.05) is 24.8 Å². The van der Waals surface area contributed by atoms with E-state index in [0.29, 0.717) is 26.2 Å². The highest BCUT2D eigenvalue weighted by Gasteiger charge is 2.37. The van der Waals surface area contributed by atoms with Gasteiger partial charge in [-0.3, -0.25) is 14.2 Å². The van der Waals surface area contributed by atoms with Gasteiger partial charge in [-0.15, -0.1) is 11.8 Å². The number of benzene rings is 3. The molecule has 40 heavy (non-hydrogen) atoms. The molecule has 0 N–H and O–H groups in total. The van der Waals surface area contributed by atoms with Crippen molar-refractivity contribution in [2.45, 2.75) is 17.9 Å². The molecule has 2 aliphatic rings. The van der Waals surface area contributed by atoms with Gasteiger partial charge in [0.05, 0.1) is 35.2 Å². The molecular weight excluding hydrogens is 542 g/mol. The van der Waals surface area contributed by atoms with Crippen molar-refractivity contribution in [3.8, 4) is 0 Å². The monoisotopic (exact) mass is 567 g/mol. The lowest BCUT2D eigenvalue weighted by atomic mass is 9.93. The first-order chi connectivity index (χ1) is 19.4. The van der Waals surface area contributed by atoms with Crippen LogP contribution < -0.4 is 19.8 Å². The minimum atomic E-state index is -0.791. The number of anilines is 1. The minimum absolute atomic E-state index is 0.175. The number of rotatable bonds is 5. The predicted molar refractivity (Wildman–Crippen MR) is 158 cm³/mol. The quantitative estimate of drug-likeness (QED) is 0.269. The van der Waals surface area contributed by atoms with Crippen LogP contribution in [-0.4, -0.2) is 36.4 Å². The Kier molecular flexibility index (Phi) is 6.77. The van der Waals surface area contributed by atoms with Gasteiger partial charge in [-0.1, -0.05) is 72.0 Å². The van der Waals surface area contributed by atoms with Crippen LogP contribution in [-0.2, 0) is 14.3 Å². The minimum Gasteiger partial charge on any atom is -0.463 e. The van der Waals surface area contributed by atoms with Crippen molar-refractivity contribution in [3.63, 3.8) is 0 Å². The molecule has 7 nitrogen and oxygen atoms in total. The number of carbonyl (C=O) groups excluding carboxylic acids is 2. The number of para-hydroxylation sites is 1. The van der Waals surface area contributed by atoms with E-state index in [9.17, 15) is 14.4 Å². The third-order valence-corrected chi connectivity index (χ3v) is 8.86. The van der Waals surface area contributed by atoms with E-state index in [0.717, 1.165) is 21.7 Å². The zero-order valence-corrected chi connectivity index (χ0v) is 23.7. The lowest BCUT2D eigenvalue weighted by Gasteiger charge is -2.26. The standard InChI is InChI=1S/C31H25N3O4S2/c1-4-38-30(37)24-25(18-10-6-5-7-11-18)32-31-34(26(24)19-14-16-20(39-3)17-15-19)29(36)27(40-31)23-21-12-8-9-13-22(21)33(2)28(23)35/h5-17,26H,4H2,1-3H3/b27-23-/t26-/m0/s1. The Balaban J connectivity index is 1.71. The summed E-state index contributed by atoms with van der Waals surface area (Å²) in [6.07, 6.45) is 1.99. The summed E-state index contributed by atoms with van der Waals surface area (Å²) in [6, 6.07) is 23.8. The van der Waals surface area contributed by atoms with Crippen LogP contribution in [0.3, 0.4) is 0 Å². The predicted octanol–water partition coefficient (Wildman–Crippen LogP) is 4.00. The molecule has 1 aromatic heterocycles. The van der Waals surface area contributed by atoms with E-state index < -0.39 is 12.0 Å². The number of carbonyl (C=O) groups is 2. The topological polar surface area (TPSA) is 81.0 Å². The highest BCUT2D eigenvalue weighted by molar-refractivity contribution is 7.98. The molecule has 3 heterocycles. The summed E-state index contributed by atoms with van der Waals surface area (Å²) in [4.78, 5) is 49.2. The second kappa shape index (κ2) is 10.4. The molecule has 1 atom stereocenters. The molecule has 0 saturated carbocycles. The molecule has 0 spiro atoms. The molecule has 3 aromatic carbocycles.